The first kappa shape index (κ1) is 35.2. The molecule has 0 spiro atoms. The maximum Gasteiger partial charge on any atom is -0.00825 e. The quantitative estimate of drug-likeness (QED) is 0.276. The Bertz CT molecular complexity index is 725. The van der Waals surface area contributed by atoms with Gasteiger partial charge in [0.15, 0.2) is 0 Å². The van der Waals surface area contributed by atoms with Gasteiger partial charge in [-0.2, -0.15) is 0 Å². The molecule has 212 valence electrons. The van der Waals surface area contributed by atoms with E-state index in [9.17, 15) is 0 Å². The first-order valence-corrected chi connectivity index (χ1v) is 15.0. The molecule has 5 atom stereocenters. The van der Waals surface area contributed by atoms with Crippen LogP contribution in [0, 0.1) is 40.4 Å². The average Bonchev–Trinajstić information content (AvgIpc) is 3.14. The smallest absolute Gasteiger partial charge is 0.00825 e. The van der Waals surface area contributed by atoms with Crippen molar-refractivity contribution in [1.29, 1.82) is 0 Å². The van der Waals surface area contributed by atoms with Crippen molar-refractivity contribution in [2.45, 2.75) is 155 Å². The van der Waals surface area contributed by atoms with Gasteiger partial charge < -0.3 is 0 Å². The van der Waals surface area contributed by atoms with Crippen LogP contribution in [0.25, 0.3) is 0 Å². The molecule has 0 saturated heterocycles. The zero-order valence-electron chi connectivity index (χ0n) is 24.9. The van der Waals surface area contributed by atoms with Gasteiger partial charge in [-0.15, -0.1) is 0 Å². The second kappa shape index (κ2) is 15.0. The molecule has 0 aromatic heterocycles. The molecule has 36 heavy (non-hydrogen) atoms. The second-order valence-corrected chi connectivity index (χ2v) is 13.1. The molecule has 0 aliphatic heterocycles. The lowest BCUT2D eigenvalue weighted by Crippen LogP contribution is -2.38. The van der Waals surface area contributed by atoms with E-state index < -0.39 is 0 Å². The maximum atomic E-state index is 4.52. The average molecular weight is 501 g/mol. The summed E-state index contributed by atoms with van der Waals surface area (Å²) in [6, 6.07) is 0. The van der Waals surface area contributed by atoms with E-state index in [4.69, 9.17) is 0 Å². The minimum absolute atomic E-state index is 0. The second-order valence-electron chi connectivity index (χ2n) is 13.1. The molecular weight excluding hydrogens is 432 g/mol. The summed E-state index contributed by atoms with van der Waals surface area (Å²) in [5, 5.41) is 0. The lowest BCUT2D eigenvalue weighted by molar-refractivity contribution is 0.116. The van der Waals surface area contributed by atoms with Crippen molar-refractivity contribution >= 4 is 0 Å². The van der Waals surface area contributed by atoms with Crippen LogP contribution in [0.3, 0.4) is 0 Å². The Hall–Kier alpha value is -0.780. The third-order valence-electron chi connectivity index (χ3n) is 10.4. The SMILES string of the molecule is C.C.C=C(CCC)C(C)(C)C1CCC2=C(CCC3C(C(CCC=C(C)C)C(C)C)CCC23C)C1.CC. The zero-order valence-corrected chi connectivity index (χ0v) is 24.9. The molecule has 3 aliphatic carbocycles. The number of allylic oxidation sites excluding steroid dienone is 5. The van der Waals surface area contributed by atoms with Gasteiger partial charge in [0.25, 0.3) is 0 Å². The third-order valence-corrected chi connectivity index (χ3v) is 10.4. The largest absolute Gasteiger partial charge is 0.0993 e. The van der Waals surface area contributed by atoms with Gasteiger partial charge in [-0.1, -0.05) is 112 Å². The van der Waals surface area contributed by atoms with Crippen LogP contribution in [-0.4, -0.2) is 0 Å². The minimum Gasteiger partial charge on any atom is -0.0993 e. The minimum atomic E-state index is 0. The van der Waals surface area contributed by atoms with Crippen LogP contribution < -0.4 is 0 Å². The van der Waals surface area contributed by atoms with Crippen molar-refractivity contribution < 1.29 is 0 Å². The fourth-order valence-electron chi connectivity index (χ4n) is 8.17. The molecule has 0 aromatic carbocycles. The van der Waals surface area contributed by atoms with Crippen molar-refractivity contribution in [1.82, 2.24) is 0 Å². The maximum absolute atomic E-state index is 4.52. The molecule has 1 saturated carbocycles. The van der Waals surface area contributed by atoms with Gasteiger partial charge >= 0.3 is 0 Å². The fourth-order valence-corrected chi connectivity index (χ4v) is 8.17. The first-order valence-electron chi connectivity index (χ1n) is 15.0. The van der Waals surface area contributed by atoms with E-state index in [1.165, 1.54) is 81.8 Å². The van der Waals surface area contributed by atoms with E-state index in [-0.39, 0.29) is 20.3 Å². The molecule has 3 rings (SSSR count). The highest BCUT2D eigenvalue weighted by molar-refractivity contribution is 5.32. The summed E-state index contributed by atoms with van der Waals surface area (Å²) in [4.78, 5) is 0. The van der Waals surface area contributed by atoms with Crippen LogP contribution in [0.15, 0.2) is 34.9 Å². The van der Waals surface area contributed by atoms with Crippen molar-refractivity contribution in [3.63, 3.8) is 0 Å². The van der Waals surface area contributed by atoms with Gasteiger partial charge in [0.2, 0.25) is 0 Å². The number of hydrogen-bond donors (Lipinski definition) is 0. The molecule has 0 N–H and O–H groups in total. The Labute approximate surface area is 229 Å². The van der Waals surface area contributed by atoms with Crippen LogP contribution in [-0.2, 0) is 0 Å². The van der Waals surface area contributed by atoms with Crippen molar-refractivity contribution in [3.8, 4) is 0 Å². The standard InChI is InChI=1S/C32H54.C2H6.2CH4/c1-10-12-24(6)31(7,8)26-16-18-29-25(21-26)15-17-30-28(19-20-32(29,30)9)27(23(4)5)14-11-13-22(2)3;1-2;;/h13,23,26-28,30H,6,10-12,14-21H2,1-5,7-9H3;1-2H3;2*1H4. The van der Waals surface area contributed by atoms with E-state index in [1.54, 1.807) is 0 Å². The van der Waals surface area contributed by atoms with Crippen LogP contribution in [0.5, 0.6) is 0 Å². The summed E-state index contributed by atoms with van der Waals surface area (Å²) >= 11 is 0. The monoisotopic (exact) mass is 501 g/mol. The van der Waals surface area contributed by atoms with Crippen molar-refractivity contribution in [2.24, 2.45) is 40.4 Å². The van der Waals surface area contributed by atoms with E-state index in [2.05, 4.69) is 68.0 Å². The van der Waals surface area contributed by atoms with E-state index in [1.807, 2.05) is 25.0 Å². The van der Waals surface area contributed by atoms with Gasteiger partial charge in [0, 0.05) is 0 Å². The Morgan fingerprint density at radius 2 is 1.72 bits per heavy atom. The van der Waals surface area contributed by atoms with Gasteiger partial charge in [0.05, 0.1) is 0 Å². The summed E-state index contributed by atoms with van der Waals surface area (Å²) in [5.41, 5.74) is 7.57. The highest BCUT2D eigenvalue weighted by Crippen LogP contribution is 2.63. The molecule has 0 radical (unpaired) electrons. The number of fused-ring (bicyclic) bond motifs is 2. The van der Waals surface area contributed by atoms with Gasteiger partial charge in [0.1, 0.15) is 0 Å². The van der Waals surface area contributed by atoms with E-state index >= 15 is 0 Å². The van der Waals surface area contributed by atoms with Gasteiger partial charge in [-0.25, -0.2) is 0 Å². The van der Waals surface area contributed by atoms with E-state index in [0.717, 1.165) is 29.6 Å². The molecule has 0 nitrogen and oxygen atoms in total. The summed E-state index contributed by atoms with van der Waals surface area (Å²) in [5.74, 6) is 4.37. The lowest BCUT2D eigenvalue weighted by atomic mass is 9.56. The van der Waals surface area contributed by atoms with Crippen molar-refractivity contribution in [3.05, 3.63) is 34.9 Å². The lowest BCUT2D eigenvalue weighted by Gasteiger charge is -2.49. The Balaban J connectivity index is 0.00000299. The predicted molar refractivity (Wildman–Crippen MR) is 168 cm³/mol. The molecule has 3 aliphatic rings. The predicted octanol–water partition coefficient (Wildman–Crippen LogP) is 12.6. The topological polar surface area (TPSA) is 0 Å². The highest BCUT2D eigenvalue weighted by atomic mass is 14.6. The molecular formula is C36H68. The van der Waals surface area contributed by atoms with Crippen LogP contribution >= 0.6 is 0 Å². The molecule has 0 heteroatoms. The molecule has 0 heterocycles. The molecule has 1 fully saturated rings. The Morgan fingerprint density at radius 1 is 1.08 bits per heavy atom. The fraction of sp³-hybridized carbons (Fsp3) is 0.833. The van der Waals surface area contributed by atoms with Crippen molar-refractivity contribution in [2.75, 3.05) is 0 Å². The van der Waals surface area contributed by atoms with Crippen LogP contribution in [0.1, 0.15) is 155 Å². The summed E-state index contributed by atoms with van der Waals surface area (Å²) in [6.07, 6.45) is 17.4. The Kier molecular flexibility index (Phi) is 14.6. The van der Waals surface area contributed by atoms with E-state index in [0.29, 0.717) is 5.41 Å². The van der Waals surface area contributed by atoms with Gasteiger partial charge in [-0.3, -0.25) is 0 Å². The normalized spacial score (nSPS) is 28.0. The number of rotatable bonds is 9. The number of hydrogen-bond acceptors (Lipinski definition) is 0. The first-order chi connectivity index (χ1) is 16.0. The summed E-state index contributed by atoms with van der Waals surface area (Å²) in [6.45, 7) is 28.0. The summed E-state index contributed by atoms with van der Waals surface area (Å²) < 4.78 is 0. The van der Waals surface area contributed by atoms with Gasteiger partial charge in [-0.05, 0) is 118 Å². The van der Waals surface area contributed by atoms with Crippen LogP contribution in [0.2, 0.25) is 0 Å². The molecule has 0 bridgehead atoms. The third kappa shape index (κ3) is 7.41. The Morgan fingerprint density at radius 3 is 2.28 bits per heavy atom. The highest BCUT2D eigenvalue weighted by Gasteiger charge is 2.52. The molecule has 0 aromatic rings. The van der Waals surface area contributed by atoms with Crippen LogP contribution in [0.4, 0.5) is 0 Å². The zero-order chi connectivity index (χ0) is 25.7. The molecule has 0 amide bonds. The summed E-state index contributed by atoms with van der Waals surface area (Å²) in [7, 11) is 0. The molecule has 5 unspecified atom stereocenters.